The van der Waals surface area contributed by atoms with Crippen LogP contribution in [0.25, 0.3) is 0 Å². The number of hydrogen-bond acceptors (Lipinski definition) is 2. The third kappa shape index (κ3) is 1.86. The Bertz CT molecular complexity index is 350. The van der Waals surface area contributed by atoms with Crippen LogP contribution in [0, 0.1) is 16.5 Å². The van der Waals surface area contributed by atoms with Gasteiger partial charge in [-0.2, -0.15) is 13.2 Å². The van der Waals surface area contributed by atoms with Gasteiger partial charge in [0.05, 0.1) is 5.56 Å². The van der Waals surface area contributed by atoms with Crippen molar-refractivity contribution < 1.29 is 22.0 Å². The number of rotatable bonds is 1. The third-order valence-electron chi connectivity index (χ3n) is 1.44. The summed E-state index contributed by atoms with van der Waals surface area (Å²) in [6.45, 7) is 0. The number of nitrogens with zero attached hydrogens (tertiary/aromatic N) is 1. The first-order chi connectivity index (χ1) is 6.36. The molecule has 2 nitrogen and oxygen atoms in total. The van der Waals surface area contributed by atoms with Crippen LogP contribution >= 0.6 is 0 Å². The molecule has 0 aliphatic rings. The Morgan fingerprint density at radius 1 is 1.07 bits per heavy atom. The van der Waals surface area contributed by atoms with Gasteiger partial charge in [-0.15, -0.1) is 4.91 Å². The maximum absolute atomic E-state index is 12.6. The Morgan fingerprint density at radius 3 is 1.79 bits per heavy atom. The summed E-state index contributed by atoms with van der Waals surface area (Å²) in [4.78, 5) is 9.80. The van der Waals surface area contributed by atoms with Gasteiger partial charge in [0.25, 0.3) is 0 Å². The first kappa shape index (κ1) is 10.6. The summed E-state index contributed by atoms with van der Waals surface area (Å²) < 4.78 is 61.0. The van der Waals surface area contributed by atoms with Gasteiger partial charge >= 0.3 is 6.18 Å². The number of alkyl halides is 3. The molecule has 0 atom stereocenters. The van der Waals surface area contributed by atoms with Gasteiger partial charge in [0.15, 0.2) is 17.3 Å². The average molecular weight is 211 g/mol. The summed E-state index contributed by atoms with van der Waals surface area (Å²) in [5.41, 5.74) is -2.75. The van der Waals surface area contributed by atoms with E-state index in [1.165, 1.54) is 0 Å². The van der Waals surface area contributed by atoms with Crippen molar-refractivity contribution in [2.24, 2.45) is 5.18 Å². The van der Waals surface area contributed by atoms with Gasteiger partial charge in [-0.1, -0.05) is 0 Å². The molecule has 0 radical (unpaired) electrons. The largest absolute Gasteiger partial charge is 0.416 e. The normalized spacial score (nSPS) is 11.5. The fourth-order valence-corrected chi connectivity index (χ4v) is 0.816. The lowest BCUT2D eigenvalue weighted by atomic mass is 10.2. The van der Waals surface area contributed by atoms with Gasteiger partial charge in [0.1, 0.15) is 0 Å². The van der Waals surface area contributed by atoms with E-state index in [1.807, 2.05) is 5.18 Å². The van der Waals surface area contributed by atoms with Crippen molar-refractivity contribution in [3.05, 3.63) is 34.2 Å². The lowest BCUT2D eigenvalue weighted by Gasteiger charge is -2.06. The number of hydrogen-bond donors (Lipinski definition) is 0. The molecule has 0 fully saturated rings. The fourth-order valence-electron chi connectivity index (χ4n) is 0.816. The fraction of sp³-hybridized carbons (Fsp3) is 0.143. The predicted octanol–water partition coefficient (Wildman–Crippen LogP) is 3.38. The highest BCUT2D eigenvalue weighted by Gasteiger charge is 2.32. The Labute approximate surface area is 74.3 Å². The topological polar surface area (TPSA) is 29.4 Å². The zero-order valence-corrected chi connectivity index (χ0v) is 6.40. The molecule has 0 heterocycles. The molecule has 0 aliphatic carbocycles. The van der Waals surface area contributed by atoms with Gasteiger partial charge < -0.3 is 0 Å². The maximum Gasteiger partial charge on any atom is 0.416 e. The highest BCUT2D eigenvalue weighted by Crippen LogP contribution is 2.33. The second-order valence-electron chi connectivity index (χ2n) is 2.38. The Kier molecular flexibility index (Phi) is 2.50. The monoisotopic (exact) mass is 211 g/mol. The van der Waals surface area contributed by atoms with E-state index >= 15 is 0 Å². The molecule has 0 spiro atoms. The van der Waals surface area contributed by atoms with Crippen LogP contribution in [0.1, 0.15) is 5.56 Å². The highest BCUT2D eigenvalue weighted by atomic mass is 19.4. The average Bonchev–Trinajstić information content (AvgIpc) is 2.01. The molecule has 1 aromatic rings. The molecule has 76 valence electrons. The van der Waals surface area contributed by atoms with E-state index in [2.05, 4.69) is 0 Å². The predicted molar refractivity (Wildman–Crippen MR) is 36.8 cm³/mol. The minimum absolute atomic E-state index is 0.0137. The second kappa shape index (κ2) is 3.32. The van der Waals surface area contributed by atoms with Crippen LogP contribution in [-0.2, 0) is 6.18 Å². The minimum atomic E-state index is -4.86. The summed E-state index contributed by atoms with van der Waals surface area (Å²) in [6, 6.07) is 0.0274. The van der Waals surface area contributed by atoms with Crippen LogP contribution in [0.3, 0.4) is 0 Å². The molecule has 0 N–H and O–H groups in total. The van der Waals surface area contributed by atoms with Crippen molar-refractivity contribution in [2.45, 2.75) is 6.18 Å². The van der Waals surface area contributed by atoms with Crippen molar-refractivity contribution in [3.8, 4) is 0 Å². The molecule has 1 aromatic carbocycles. The molecule has 7 heteroatoms. The third-order valence-corrected chi connectivity index (χ3v) is 1.44. The smallest absolute Gasteiger partial charge is 0.204 e. The van der Waals surface area contributed by atoms with E-state index < -0.39 is 29.1 Å². The van der Waals surface area contributed by atoms with E-state index in [1.54, 1.807) is 0 Å². The van der Waals surface area contributed by atoms with Gasteiger partial charge in [-0.05, 0) is 17.3 Å². The Hall–Kier alpha value is -1.53. The Balaban J connectivity index is 3.35. The number of benzene rings is 1. The molecule has 0 amide bonds. The summed E-state index contributed by atoms with van der Waals surface area (Å²) in [5.74, 6) is -3.26. The zero-order valence-electron chi connectivity index (χ0n) is 6.40. The molecule has 0 saturated carbocycles. The summed E-state index contributed by atoms with van der Waals surface area (Å²) in [6.07, 6.45) is -4.86. The molecule has 1 rings (SSSR count). The molecule has 0 unspecified atom stereocenters. The van der Waals surface area contributed by atoms with E-state index in [4.69, 9.17) is 0 Å². The Morgan fingerprint density at radius 2 is 1.50 bits per heavy atom. The van der Waals surface area contributed by atoms with Crippen LogP contribution in [-0.4, -0.2) is 0 Å². The summed E-state index contributed by atoms with van der Waals surface area (Å²) in [5, 5.41) is 1.93. The van der Waals surface area contributed by atoms with Crippen molar-refractivity contribution in [2.75, 3.05) is 0 Å². The highest BCUT2D eigenvalue weighted by molar-refractivity contribution is 5.42. The zero-order chi connectivity index (χ0) is 10.9. The van der Waals surface area contributed by atoms with Gasteiger partial charge in [0.2, 0.25) is 0 Å². The lowest BCUT2D eigenvalue weighted by Crippen LogP contribution is -2.06. The first-order valence-electron chi connectivity index (χ1n) is 3.26. The standard InChI is InChI=1S/C7H2F5NO/c8-4-1-3(7(10,11)12)2-5(9)6(4)13-14/h1-2H. The SMILES string of the molecule is O=Nc1c(F)cc(C(F)(F)F)cc1F. The van der Waals surface area contributed by atoms with E-state index in [0.29, 0.717) is 0 Å². The van der Waals surface area contributed by atoms with E-state index in [0.717, 1.165) is 0 Å². The maximum atomic E-state index is 12.6. The molecule has 14 heavy (non-hydrogen) atoms. The lowest BCUT2D eigenvalue weighted by molar-refractivity contribution is -0.137. The van der Waals surface area contributed by atoms with Crippen LogP contribution < -0.4 is 0 Å². The van der Waals surface area contributed by atoms with Crippen LogP contribution in [0.4, 0.5) is 27.6 Å². The van der Waals surface area contributed by atoms with Crippen LogP contribution in [0.5, 0.6) is 0 Å². The van der Waals surface area contributed by atoms with Crippen molar-refractivity contribution in [3.63, 3.8) is 0 Å². The first-order valence-corrected chi connectivity index (χ1v) is 3.26. The van der Waals surface area contributed by atoms with E-state index in [9.17, 15) is 26.9 Å². The van der Waals surface area contributed by atoms with Crippen molar-refractivity contribution in [1.82, 2.24) is 0 Å². The summed E-state index contributed by atoms with van der Waals surface area (Å²) in [7, 11) is 0. The van der Waals surface area contributed by atoms with Gasteiger partial charge in [0, 0.05) is 0 Å². The molecular formula is C7H2F5NO. The minimum Gasteiger partial charge on any atom is -0.204 e. The van der Waals surface area contributed by atoms with Crippen LogP contribution in [0.2, 0.25) is 0 Å². The molecule has 0 saturated heterocycles. The molecule has 0 aromatic heterocycles. The van der Waals surface area contributed by atoms with E-state index in [-0.39, 0.29) is 12.1 Å². The summed E-state index contributed by atoms with van der Waals surface area (Å²) >= 11 is 0. The quantitative estimate of drug-likeness (QED) is 0.517. The molecular weight excluding hydrogens is 209 g/mol. The number of halogens is 5. The van der Waals surface area contributed by atoms with Gasteiger partial charge in [-0.3, -0.25) is 0 Å². The number of nitroso groups, excluding NO2 is 1. The van der Waals surface area contributed by atoms with Crippen LogP contribution in [0.15, 0.2) is 17.3 Å². The van der Waals surface area contributed by atoms with Crippen molar-refractivity contribution >= 4 is 5.69 Å². The second-order valence-corrected chi connectivity index (χ2v) is 2.38. The molecule has 0 bridgehead atoms. The van der Waals surface area contributed by atoms with Crippen molar-refractivity contribution in [1.29, 1.82) is 0 Å². The molecule has 0 aliphatic heterocycles. The van der Waals surface area contributed by atoms with Gasteiger partial charge in [-0.25, -0.2) is 8.78 Å².